The number of ether oxygens (including phenoxy) is 1. The van der Waals surface area contributed by atoms with Crippen LogP contribution >= 0.6 is 0 Å². The smallest absolute Gasteiger partial charge is 0.121 e. The molecule has 0 amide bonds. The van der Waals surface area contributed by atoms with Crippen molar-refractivity contribution in [1.29, 1.82) is 0 Å². The summed E-state index contributed by atoms with van der Waals surface area (Å²) >= 11 is 0. The molecule has 0 aromatic heterocycles. The van der Waals surface area contributed by atoms with Crippen LogP contribution in [0.5, 0.6) is 5.75 Å². The summed E-state index contributed by atoms with van der Waals surface area (Å²) < 4.78 is 5.75. The molecule has 0 heterocycles. The van der Waals surface area contributed by atoms with Gasteiger partial charge in [0.2, 0.25) is 0 Å². The Morgan fingerprint density at radius 2 is 1.95 bits per heavy atom. The second kappa shape index (κ2) is 8.93. The molecule has 21 heavy (non-hydrogen) atoms. The molecule has 0 saturated heterocycles. The van der Waals surface area contributed by atoms with Crippen molar-refractivity contribution >= 4 is 5.69 Å². The SMILES string of the molecule is CC(C)COc1cccc(NCCNC2CCCCC2)c1. The Morgan fingerprint density at radius 3 is 2.71 bits per heavy atom. The van der Waals surface area contributed by atoms with E-state index in [0.717, 1.165) is 37.2 Å². The van der Waals surface area contributed by atoms with Crippen LogP contribution in [0.25, 0.3) is 0 Å². The molecule has 1 saturated carbocycles. The lowest BCUT2D eigenvalue weighted by molar-refractivity contribution is 0.271. The summed E-state index contributed by atoms with van der Waals surface area (Å²) in [6.07, 6.45) is 6.89. The molecule has 2 N–H and O–H groups in total. The molecule has 0 aliphatic heterocycles. The first-order valence-electron chi connectivity index (χ1n) is 8.44. The van der Waals surface area contributed by atoms with Gasteiger partial charge in [0.25, 0.3) is 0 Å². The molecule has 1 fully saturated rings. The number of hydrogen-bond donors (Lipinski definition) is 2. The van der Waals surface area contributed by atoms with Crippen LogP contribution in [-0.4, -0.2) is 25.7 Å². The fourth-order valence-electron chi connectivity index (χ4n) is 2.75. The Labute approximate surface area is 129 Å². The number of nitrogens with one attached hydrogen (secondary N) is 2. The second-order valence-electron chi connectivity index (χ2n) is 6.45. The Morgan fingerprint density at radius 1 is 1.14 bits per heavy atom. The lowest BCUT2D eigenvalue weighted by atomic mass is 9.95. The van der Waals surface area contributed by atoms with Crippen molar-refractivity contribution in [3.05, 3.63) is 24.3 Å². The van der Waals surface area contributed by atoms with Crippen molar-refractivity contribution < 1.29 is 4.74 Å². The first-order chi connectivity index (χ1) is 10.2. The van der Waals surface area contributed by atoms with Gasteiger partial charge in [-0.3, -0.25) is 0 Å². The Kier molecular flexibility index (Phi) is 6.87. The zero-order valence-corrected chi connectivity index (χ0v) is 13.5. The van der Waals surface area contributed by atoms with Crippen molar-refractivity contribution in [2.45, 2.75) is 52.0 Å². The van der Waals surface area contributed by atoms with E-state index in [0.29, 0.717) is 5.92 Å². The molecular formula is C18H30N2O. The highest BCUT2D eigenvalue weighted by Gasteiger charge is 2.11. The lowest BCUT2D eigenvalue weighted by Gasteiger charge is -2.23. The molecule has 1 aliphatic rings. The maximum atomic E-state index is 5.75. The van der Waals surface area contributed by atoms with Gasteiger partial charge < -0.3 is 15.4 Å². The molecule has 1 aliphatic carbocycles. The molecule has 0 radical (unpaired) electrons. The van der Waals surface area contributed by atoms with Gasteiger partial charge in [-0.15, -0.1) is 0 Å². The fourth-order valence-corrected chi connectivity index (χ4v) is 2.75. The van der Waals surface area contributed by atoms with Crippen molar-refractivity contribution in [3.8, 4) is 5.75 Å². The molecule has 118 valence electrons. The Bertz CT molecular complexity index is 400. The van der Waals surface area contributed by atoms with Gasteiger partial charge in [0.05, 0.1) is 6.61 Å². The lowest BCUT2D eigenvalue weighted by Crippen LogP contribution is -2.34. The van der Waals surface area contributed by atoms with Crippen LogP contribution in [0.1, 0.15) is 46.0 Å². The van der Waals surface area contributed by atoms with Gasteiger partial charge in [-0.05, 0) is 30.9 Å². The zero-order chi connectivity index (χ0) is 14.9. The second-order valence-corrected chi connectivity index (χ2v) is 6.45. The topological polar surface area (TPSA) is 33.3 Å². The van der Waals surface area contributed by atoms with Gasteiger partial charge in [0, 0.05) is 30.9 Å². The average molecular weight is 290 g/mol. The monoisotopic (exact) mass is 290 g/mol. The van der Waals surface area contributed by atoms with E-state index >= 15 is 0 Å². The number of hydrogen-bond acceptors (Lipinski definition) is 3. The highest BCUT2D eigenvalue weighted by Crippen LogP contribution is 2.18. The normalized spacial score (nSPS) is 16.1. The van der Waals surface area contributed by atoms with Crippen molar-refractivity contribution in [3.63, 3.8) is 0 Å². The Balaban J connectivity index is 1.66. The predicted octanol–water partition coefficient (Wildman–Crippen LogP) is 4.06. The van der Waals surface area contributed by atoms with Crippen LogP contribution < -0.4 is 15.4 Å². The molecule has 0 unspecified atom stereocenters. The van der Waals surface area contributed by atoms with Crippen LogP contribution in [0.4, 0.5) is 5.69 Å². The first kappa shape index (κ1) is 16.2. The number of anilines is 1. The first-order valence-corrected chi connectivity index (χ1v) is 8.44. The van der Waals surface area contributed by atoms with Crippen LogP contribution in [0.15, 0.2) is 24.3 Å². The molecule has 1 aromatic rings. The van der Waals surface area contributed by atoms with Gasteiger partial charge in [-0.25, -0.2) is 0 Å². The van der Waals surface area contributed by atoms with Crippen molar-refractivity contribution in [2.24, 2.45) is 5.92 Å². The highest BCUT2D eigenvalue weighted by atomic mass is 16.5. The maximum Gasteiger partial charge on any atom is 0.121 e. The molecule has 3 nitrogen and oxygen atoms in total. The molecule has 0 spiro atoms. The Hall–Kier alpha value is -1.22. The van der Waals surface area contributed by atoms with Crippen LogP contribution in [0.2, 0.25) is 0 Å². The van der Waals surface area contributed by atoms with E-state index in [9.17, 15) is 0 Å². The number of benzene rings is 1. The molecule has 0 atom stereocenters. The summed E-state index contributed by atoms with van der Waals surface area (Å²) in [5.74, 6) is 1.51. The van der Waals surface area contributed by atoms with E-state index < -0.39 is 0 Å². The minimum Gasteiger partial charge on any atom is -0.493 e. The minimum absolute atomic E-state index is 0.557. The van der Waals surface area contributed by atoms with E-state index in [1.807, 2.05) is 12.1 Å². The van der Waals surface area contributed by atoms with Crippen LogP contribution in [-0.2, 0) is 0 Å². The summed E-state index contributed by atoms with van der Waals surface area (Å²) in [6.45, 7) is 7.09. The van der Waals surface area contributed by atoms with E-state index in [1.165, 1.54) is 32.1 Å². The summed E-state index contributed by atoms with van der Waals surface area (Å²) in [5, 5.41) is 7.12. The quantitative estimate of drug-likeness (QED) is 0.708. The molecule has 1 aromatic carbocycles. The van der Waals surface area contributed by atoms with E-state index in [4.69, 9.17) is 4.74 Å². The summed E-state index contributed by atoms with van der Waals surface area (Å²) in [6, 6.07) is 8.99. The molecule has 3 heteroatoms. The predicted molar refractivity (Wildman–Crippen MR) is 90.1 cm³/mol. The minimum atomic E-state index is 0.557. The van der Waals surface area contributed by atoms with Crippen LogP contribution in [0.3, 0.4) is 0 Å². The average Bonchev–Trinajstić information content (AvgIpc) is 2.51. The van der Waals surface area contributed by atoms with E-state index in [-0.39, 0.29) is 0 Å². The van der Waals surface area contributed by atoms with Gasteiger partial charge in [-0.1, -0.05) is 39.2 Å². The highest BCUT2D eigenvalue weighted by molar-refractivity contribution is 5.48. The van der Waals surface area contributed by atoms with Gasteiger partial charge in [0.15, 0.2) is 0 Å². The third-order valence-corrected chi connectivity index (χ3v) is 3.91. The molecule has 2 rings (SSSR count). The maximum absolute atomic E-state index is 5.75. The third kappa shape index (κ3) is 6.38. The van der Waals surface area contributed by atoms with Gasteiger partial charge >= 0.3 is 0 Å². The largest absolute Gasteiger partial charge is 0.493 e. The number of rotatable bonds is 8. The third-order valence-electron chi connectivity index (χ3n) is 3.91. The van der Waals surface area contributed by atoms with E-state index in [1.54, 1.807) is 0 Å². The summed E-state index contributed by atoms with van der Waals surface area (Å²) in [7, 11) is 0. The van der Waals surface area contributed by atoms with Gasteiger partial charge in [-0.2, -0.15) is 0 Å². The summed E-state index contributed by atoms with van der Waals surface area (Å²) in [4.78, 5) is 0. The van der Waals surface area contributed by atoms with Crippen molar-refractivity contribution in [2.75, 3.05) is 25.0 Å². The molecular weight excluding hydrogens is 260 g/mol. The van der Waals surface area contributed by atoms with Crippen molar-refractivity contribution in [1.82, 2.24) is 5.32 Å². The zero-order valence-electron chi connectivity index (χ0n) is 13.5. The van der Waals surface area contributed by atoms with E-state index in [2.05, 4.69) is 36.6 Å². The summed E-state index contributed by atoms with van der Waals surface area (Å²) in [5.41, 5.74) is 1.14. The van der Waals surface area contributed by atoms with Crippen LogP contribution in [0, 0.1) is 5.92 Å². The standard InChI is InChI=1S/C18H30N2O/c1-15(2)14-21-18-10-6-9-17(13-18)20-12-11-19-16-7-4-3-5-8-16/h6,9-10,13,15-16,19-20H,3-5,7-8,11-12,14H2,1-2H3. The van der Waals surface area contributed by atoms with Gasteiger partial charge in [0.1, 0.15) is 5.75 Å². The fraction of sp³-hybridized carbons (Fsp3) is 0.667. The molecule has 0 bridgehead atoms.